The smallest absolute Gasteiger partial charge is 0.128 e. The van der Waals surface area contributed by atoms with Crippen LogP contribution in [0.4, 0.5) is 5.82 Å². The summed E-state index contributed by atoms with van der Waals surface area (Å²) in [6.07, 6.45) is 7.00. The number of pyridine rings is 1. The van der Waals surface area contributed by atoms with Gasteiger partial charge in [-0.1, -0.05) is 19.8 Å². The number of piperidine rings is 1. The highest BCUT2D eigenvalue weighted by molar-refractivity contribution is 5.41. The molecule has 17 heavy (non-hydrogen) atoms. The summed E-state index contributed by atoms with van der Waals surface area (Å²) in [6, 6.07) is 3.87. The van der Waals surface area contributed by atoms with E-state index >= 15 is 0 Å². The predicted octanol–water partition coefficient (Wildman–Crippen LogP) is 2.59. The Morgan fingerprint density at radius 1 is 1.41 bits per heavy atom. The third kappa shape index (κ3) is 3.19. The minimum atomic E-state index is 0.0990. The summed E-state index contributed by atoms with van der Waals surface area (Å²) in [5, 5.41) is 9.13. The molecule has 1 aliphatic heterocycles. The van der Waals surface area contributed by atoms with E-state index in [9.17, 15) is 0 Å². The number of anilines is 1. The number of rotatable bonds is 4. The van der Waals surface area contributed by atoms with Crippen molar-refractivity contribution in [3.8, 4) is 0 Å². The van der Waals surface area contributed by atoms with Gasteiger partial charge >= 0.3 is 0 Å². The van der Waals surface area contributed by atoms with Gasteiger partial charge in [-0.25, -0.2) is 4.98 Å². The van der Waals surface area contributed by atoms with Gasteiger partial charge in [-0.15, -0.1) is 0 Å². The highest BCUT2D eigenvalue weighted by Gasteiger charge is 2.19. The molecule has 2 heterocycles. The summed E-state index contributed by atoms with van der Waals surface area (Å²) in [6.45, 7) is 4.57. The van der Waals surface area contributed by atoms with Crippen LogP contribution < -0.4 is 4.90 Å². The molecule has 1 fully saturated rings. The summed E-state index contributed by atoms with van der Waals surface area (Å²) in [7, 11) is 0. The normalized spacial score (nSPS) is 17.4. The van der Waals surface area contributed by atoms with Gasteiger partial charge in [-0.05, 0) is 36.5 Å². The van der Waals surface area contributed by atoms with Crippen LogP contribution in [0.15, 0.2) is 18.3 Å². The van der Waals surface area contributed by atoms with Gasteiger partial charge in [0.25, 0.3) is 0 Å². The molecule has 3 heteroatoms. The largest absolute Gasteiger partial charge is 0.392 e. The molecule has 2 rings (SSSR count). The Bertz CT molecular complexity index is 346. The van der Waals surface area contributed by atoms with Gasteiger partial charge in [-0.3, -0.25) is 0 Å². The first-order valence-electron chi connectivity index (χ1n) is 6.64. The number of hydrogen-bond acceptors (Lipinski definition) is 3. The van der Waals surface area contributed by atoms with Crippen LogP contribution >= 0.6 is 0 Å². The molecule has 1 aliphatic rings. The Labute approximate surface area is 103 Å². The highest BCUT2D eigenvalue weighted by atomic mass is 16.3. The molecule has 1 aromatic heterocycles. The zero-order chi connectivity index (χ0) is 12.1. The number of aliphatic hydroxyl groups excluding tert-OH is 1. The third-order valence-electron chi connectivity index (χ3n) is 3.63. The maximum atomic E-state index is 9.13. The quantitative estimate of drug-likeness (QED) is 0.870. The minimum Gasteiger partial charge on any atom is -0.392 e. The lowest BCUT2D eigenvalue weighted by Gasteiger charge is -2.32. The second-order valence-electron chi connectivity index (χ2n) is 4.90. The molecule has 0 bridgehead atoms. The first-order valence-corrected chi connectivity index (χ1v) is 6.64. The topological polar surface area (TPSA) is 36.4 Å². The van der Waals surface area contributed by atoms with Crippen molar-refractivity contribution in [2.24, 2.45) is 5.92 Å². The predicted molar refractivity (Wildman–Crippen MR) is 70.0 cm³/mol. The van der Waals surface area contributed by atoms with Gasteiger partial charge in [0.15, 0.2) is 0 Å². The molecule has 0 spiro atoms. The Morgan fingerprint density at radius 2 is 2.18 bits per heavy atom. The average Bonchev–Trinajstić information content (AvgIpc) is 2.40. The number of aromatic nitrogens is 1. The molecule has 1 saturated heterocycles. The van der Waals surface area contributed by atoms with Crippen LogP contribution in [0.2, 0.25) is 0 Å². The van der Waals surface area contributed by atoms with Crippen molar-refractivity contribution in [1.82, 2.24) is 4.98 Å². The molecular formula is C14H22N2O. The van der Waals surface area contributed by atoms with E-state index in [2.05, 4.69) is 16.8 Å². The standard InChI is InChI=1S/C14H22N2O/c1-2-3-12-5-8-16(9-6-12)14-10-13(11-17)4-7-15-14/h4,7,10,12,17H,2-3,5-6,8-9,11H2,1H3. The van der Waals surface area contributed by atoms with E-state index in [1.165, 1.54) is 25.7 Å². The van der Waals surface area contributed by atoms with Crippen LogP contribution in [0, 0.1) is 5.92 Å². The second-order valence-corrected chi connectivity index (χ2v) is 4.90. The molecule has 0 amide bonds. The van der Waals surface area contributed by atoms with Crippen molar-refractivity contribution < 1.29 is 5.11 Å². The molecule has 0 unspecified atom stereocenters. The molecule has 0 radical (unpaired) electrons. The van der Waals surface area contributed by atoms with Crippen molar-refractivity contribution in [3.05, 3.63) is 23.9 Å². The fraction of sp³-hybridized carbons (Fsp3) is 0.643. The maximum absolute atomic E-state index is 9.13. The average molecular weight is 234 g/mol. The lowest BCUT2D eigenvalue weighted by molar-refractivity contribution is 0.281. The van der Waals surface area contributed by atoms with Crippen LogP contribution in [0.1, 0.15) is 38.2 Å². The maximum Gasteiger partial charge on any atom is 0.128 e. The van der Waals surface area contributed by atoms with Crippen LogP contribution in [-0.2, 0) is 6.61 Å². The first kappa shape index (κ1) is 12.4. The Kier molecular flexibility index (Phi) is 4.37. The molecule has 0 aromatic carbocycles. The first-order chi connectivity index (χ1) is 8.33. The second kappa shape index (κ2) is 6.01. The molecule has 0 atom stereocenters. The van der Waals surface area contributed by atoms with Crippen molar-refractivity contribution in [2.75, 3.05) is 18.0 Å². The summed E-state index contributed by atoms with van der Waals surface area (Å²) in [5.74, 6) is 1.92. The molecule has 0 aliphatic carbocycles. The van der Waals surface area contributed by atoms with E-state index in [0.29, 0.717) is 0 Å². The van der Waals surface area contributed by atoms with E-state index in [1.807, 2.05) is 12.1 Å². The molecule has 1 aromatic rings. The SMILES string of the molecule is CCCC1CCN(c2cc(CO)ccn2)CC1. The molecule has 1 N–H and O–H groups in total. The Balaban J connectivity index is 1.95. The fourth-order valence-corrected chi connectivity index (χ4v) is 2.59. The van der Waals surface area contributed by atoms with E-state index < -0.39 is 0 Å². The summed E-state index contributed by atoms with van der Waals surface area (Å²) in [4.78, 5) is 6.74. The van der Waals surface area contributed by atoms with E-state index in [-0.39, 0.29) is 6.61 Å². The van der Waals surface area contributed by atoms with Gasteiger partial charge in [0.1, 0.15) is 5.82 Å². The fourth-order valence-electron chi connectivity index (χ4n) is 2.59. The van der Waals surface area contributed by atoms with Crippen molar-refractivity contribution in [3.63, 3.8) is 0 Å². The summed E-state index contributed by atoms with van der Waals surface area (Å²) >= 11 is 0. The molecular weight excluding hydrogens is 212 g/mol. The Hall–Kier alpha value is -1.09. The van der Waals surface area contributed by atoms with Crippen molar-refractivity contribution in [1.29, 1.82) is 0 Å². The van der Waals surface area contributed by atoms with Crippen LogP contribution in [0.25, 0.3) is 0 Å². The molecule has 94 valence electrons. The zero-order valence-electron chi connectivity index (χ0n) is 10.6. The lowest BCUT2D eigenvalue weighted by atomic mass is 9.92. The molecule has 3 nitrogen and oxygen atoms in total. The highest BCUT2D eigenvalue weighted by Crippen LogP contribution is 2.25. The monoisotopic (exact) mass is 234 g/mol. The van der Waals surface area contributed by atoms with Gasteiger partial charge in [0.05, 0.1) is 6.61 Å². The number of hydrogen-bond donors (Lipinski definition) is 1. The minimum absolute atomic E-state index is 0.0990. The van der Waals surface area contributed by atoms with Crippen molar-refractivity contribution >= 4 is 5.82 Å². The van der Waals surface area contributed by atoms with Gasteiger partial charge < -0.3 is 10.0 Å². The van der Waals surface area contributed by atoms with E-state index in [1.54, 1.807) is 6.20 Å². The van der Waals surface area contributed by atoms with Gasteiger partial charge in [0.2, 0.25) is 0 Å². The van der Waals surface area contributed by atoms with Crippen LogP contribution in [0.5, 0.6) is 0 Å². The van der Waals surface area contributed by atoms with Gasteiger partial charge in [-0.2, -0.15) is 0 Å². The summed E-state index contributed by atoms with van der Waals surface area (Å²) < 4.78 is 0. The number of nitrogens with zero attached hydrogens (tertiary/aromatic N) is 2. The van der Waals surface area contributed by atoms with E-state index in [4.69, 9.17) is 5.11 Å². The van der Waals surface area contributed by atoms with Gasteiger partial charge in [0, 0.05) is 19.3 Å². The number of aliphatic hydroxyl groups is 1. The van der Waals surface area contributed by atoms with E-state index in [0.717, 1.165) is 30.4 Å². The zero-order valence-corrected chi connectivity index (χ0v) is 10.6. The third-order valence-corrected chi connectivity index (χ3v) is 3.63. The lowest BCUT2D eigenvalue weighted by Crippen LogP contribution is -2.34. The van der Waals surface area contributed by atoms with Crippen LogP contribution in [-0.4, -0.2) is 23.2 Å². The van der Waals surface area contributed by atoms with Crippen LogP contribution in [0.3, 0.4) is 0 Å². The Morgan fingerprint density at radius 3 is 2.82 bits per heavy atom. The molecule has 0 saturated carbocycles. The summed E-state index contributed by atoms with van der Waals surface area (Å²) in [5.41, 5.74) is 0.950. The van der Waals surface area contributed by atoms with Crippen molar-refractivity contribution in [2.45, 2.75) is 39.2 Å².